The molecule has 0 aliphatic rings. The minimum absolute atomic E-state index is 0.110. The minimum atomic E-state index is -0.816. The van der Waals surface area contributed by atoms with Gasteiger partial charge in [-0.1, -0.05) is 196 Å². The molecule has 0 saturated heterocycles. The SMILES string of the molecule is CCCCC/C=C\C/C=C\C/C=C\C/C=C\CCCC(=O)OC(COC(=O)CCC/C=C\CCCCCC)COC(=O)CCCCCCC/C=C\CCCCCCCCCCC. The first kappa shape index (κ1) is 58.9. The lowest BCUT2D eigenvalue weighted by molar-refractivity contribution is -0.167. The highest BCUT2D eigenvalue weighted by Crippen LogP contribution is 2.13. The van der Waals surface area contributed by atoms with E-state index in [0.29, 0.717) is 25.7 Å². The third kappa shape index (κ3) is 47.9. The van der Waals surface area contributed by atoms with E-state index in [0.717, 1.165) is 64.2 Å². The van der Waals surface area contributed by atoms with Crippen molar-refractivity contribution in [3.8, 4) is 0 Å². The van der Waals surface area contributed by atoms with E-state index in [9.17, 15) is 14.4 Å². The van der Waals surface area contributed by atoms with E-state index >= 15 is 0 Å². The molecular weight excluding hydrogens is 769 g/mol. The molecule has 6 nitrogen and oxygen atoms in total. The highest BCUT2D eigenvalue weighted by molar-refractivity contribution is 5.71. The van der Waals surface area contributed by atoms with Gasteiger partial charge in [0, 0.05) is 19.3 Å². The third-order valence-corrected chi connectivity index (χ3v) is 10.9. The number of esters is 3. The molecule has 0 saturated carbocycles. The van der Waals surface area contributed by atoms with Crippen LogP contribution in [-0.4, -0.2) is 37.2 Å². The summed E-state index contributed by atoms with van der Waals surface area (Å²) < 4.78 is 16.7. The number of rotatable bonds is 46. The predicted octanol–water partition coefficient (Wildman–Crippen LogP) is 17.0. The van der Waals surface area contributed by atoms with Gasteiger partial charge in [-0.3, -0.25) is 14.4 Å². The molecule has 0 aromatic heterocycles. The molecule has 0 aliphatic heterocycles. The van der Waals surface area contributed by atoms with Gasteiger partial charge >= 0.3 is 17.9 Å². The summed E-state index contributed by atoms with van der Waals surface area (Å²) in [4.78, 5) is 37.8. The van der Waals surface area contributed by atoms with Crippen molar-refractivity contribution >= 4 is 17.9 Å². The Morgan fingerprint density at radius 3 is 1.03 bits per heavy atom. The van der Waals surface area contributed by atoms with E-state index in [-0.39, 0.29) is 37.5 Å². The quantitative estimate of drug-likeness (QED) is 0.0262. The largest absolute Gasteiger partial charge is 0.462 e. The van der Waals surface area contributed by atoms with Crippen molar-refractivity contribution < 1.29 is 28.6 Å². The summed E-state index contributed by atoms with van der Waals surface area (Å²) in [6.07, 6.45) is 63.3. The maximum Gasteiger partial charge on any atom is 0.306 e. The van der Waals surface area contributed by atoms with Gasteiger partial charge in [-0.15, -0.1) is 0 Å². The van der Waals surface area contributed by atoms with Gasteiger partial charge < -0.3 is 14.2 Å². The molecule has 0 aliphatic carbocycles. The second-order valence-electron chi connectivity index (χ2n) is 17.1. The van der Waals surface area contributed by atoms with Gasteiger partial charge in [0.1, 0.15) is 13.2 Å². The zero-order chi connectivity index (χ0) is 45.1. The molecule has 0 aromatic carbocycles. The minimum Gasteiger partial charge on any atom is -0.462 e. The fourth-order valence-electron chi connectivity index (χ4n) is 6.96. The van der Waals surface area contributed by atoms with Crippen LogP contribution in [0.4, 0.5) is 0 Å². The van der Waals surface area contributed by atoms with E-state index in [1.807, 2.05) is 0 Å². The molecule has 0 bridgehead atoms. The summed E-state index contributed by atoms with van der Waals surface area (Å²) in [6, 6.07) is 0. The smallest absolute Gasteiger partial charge is 0.306 e. The van der Waals surface area contributed by atoms with Crippen LogP contribution in [0.25, 0.3) is 0 Å². The summed E-state index contributed by atoms with van der Waals surface area (Å²) >= 11 is 0. The zero-order valence-electron chi connectivity index (χ0n) is 40.6. The highest BCUT2D eigenvalue weighted by atomic mass is 16.6. The number of unbranched alkanes of at least 4 members (excludes halogenated alkanes) is 23. The van der Waals surface area contributed by atoms with Crippen LogP contribution in [0.3, 0.4) is 0 Å². The second kappa shape index (κ2) is 50.5. The highest BCUT2D eigenvalue weighted by Gasteiger charge is 2.19. The van der Waals surface area contributed by atoms with Crippen molar-refractivity contribution in [2.24, 2.45) is 0 Å². The van der Waals surface area contributed by atoms with Crippen LogP contribution in [0.2, 0.25) is 0 Å². The van der Waals surface area contributed by atoms with Gasteiger partial charge in [0.25, 0.3) is 0 Å². The van der Waals surface area contributed by atoms with Crippen LogP contribution < -0.4 is 0 Å². The van der Waals surface area contributed by atoms with Gasteiger partial charge in [-0.05, 0) is 103 Å². The van der Waals surface area contributed by atoms with E-state index in [4.69, 9.17) is 14.2 Å². The summed E-state index contributed by atoms with van der Waals surface area (Å²) in [6.45, 7) is 6.50. The normalized spacial score (nSPS) is 12.6. The standard InChI is InChI=1S/C56H96O6/c1-4-7-10-13-16-19-21-23-25-27-29-30-32-34-37-40-43-46-49-55(58)61-52-53(51-60-54(57)48-45-42-39-36-18-15-12-9-6-3)62-56(59)50-47-44-41-38-35-33-31-28-26-24-22-20-17-14-11-8-5-2/h17,20,24,26,29-31,33,36,38-39,41,53H,4-16,18-19,21-23,25,27-28,32,34-35,37,40,42-52H2,1-3H3/b20-17-,26-24-,30-29-,33-31-,39-36-,41-38-. The summed E-state index contributed by atoms with van der Waals surface area (Å²) in [5, 5.41) is 0. The third-order valence-electron chi connectivity index (χ3n) is 10.9. The number of carbonyl (C=O) groups excluding carboxylic acids is 3. The van der Waals surface area contributed by atoms with Crippen LogP contribution in [0, 0.1) is 0 Å². The molecule has 0 radical (unpaired) electrons. The number of carbonyl (C=O) groups is 3. The number of ether oxygens (including phenoxy) is 3. The van der Waals surface area contributed by atoms with Crippen LogP contribution in [-0.2, 0) is 28.6 Å². The number of allylic oxidation sites excluding steroid dienone is 12. The number of hydrogen-bond donors (Lipinski definition) is 0. The monoisotopic (exact) mass is 865 g/mol. The van der Waals surface area contributed by atoms with Crippen LogP contribution in [0.1, 0.15) is 245 Å². The topological polar surface area (TPSA) is 78.9 Å². The molecular formula is C56H96O6. The van der Waals surface area contributed by atoms with Crippen molar-refractivity contribution in [2.75, 3.05) is 13.2 Å². The Bertz CT molecular complexity index is 1180. The van der Waals surface area contributed by atoms with Crippen molar-refractivity contribution in [3.63, 3.8) is 0 Å². The molecule has 0 N–H and O–H groups in total. The molecule has 0 heterocycles. The van der Waals surface area contributed by atoms with Crippen LogP contribution in [0.5, 0.6) is 0 Å². The van der Waals surface area contributed by atoms with Gasteiger partial charge in [0.05, 0.1) is 0 Å². The van der Waals surface area contributed by atoms with Gasteiger partial charge in [-0.2, -0.15) is 0 Å². The van der Waals surface area contributed by atoms with Crippen molar-refractivity contribution in [2.45, 2.75) is 252 Å². The van der Waals surface area contributed by atoms with Crippen molar-refractivity contribution in [1.82, 2.24) is 0 Å². The fourth-order valence-corrected chi connectivity index (χ4v) is 6.96. The lowest BCUT2D eigenvalue weighted by Gasteiger charge is -2.18. The summed E-state index contributed by atoms with van der Waals surface area (Å²) in [5.74, 6) is -1.01. The van der Waals surface area contributed by atoms with Gasteiger partial charge in [0.2, 0.25) is 0 Å². The molecule has 0 fully saturated rings. The van der Waals surface area contributed by atoms with Gasteiger partial charge in [-0.25, -0.2) is 0 Å². The molecule has 0 aromatic rings. The maximum absolute atomic E-state index is 12.8. The molecule has 62 heavy (non-hydrogen) atoms. The molecule has 0 amide bonds. The average molecular weight is 865 g/mol. The van der Waals surface area contributed by atoms with Crippen molar-refractivity contribution in [3.05, 3.63) is 72.9 Å². The van der Waals surface area contributed by atoms with Crippen molar-refractivity contribution in [1.29, 1.82) is 0 Å². The average Bonchev–Trinajstić information content (AvgIpc) is 3.27. The Kier molecular flexibility index (Phi) is 47.9. The van der Waals surface area contributed by atoms with Crippen LogP contribution >= 0.6 is 0 Å². The van der Waals surface area contributed by atoms with E-state index in [2.05, 4.69) is 93.7 Å². The molecule has 1 atom stereocenters. The first-order valence-corrected chi connectivity index (χ1v) is 25.9. The summed E-state index contributed by atoms with van der Waals surface area (Å²) in [5.41, 5.74) is 0. The maximum atomic E-state index is 12.8. The van der Waals surface area contributed by atoms with E-state index in [1.165, 1.54) is 128 Å². The Morgan fingerprint density at radius 1 is 0.323 bits per heavy atom. The molecule has 356 valence electrons. The Labute approximate surface area is 382 Å². The Morgan fingerprint density at radius 2 is 0.597 bits per heavy atom. The first-order chi connectivity index (χ1) is 30.5. The molecule has 1 unspecified atom stereocenters. The zero-order valence-corrected chi connectivity index (χ0v) is 40.6. The second-order valence-corrected chi connectivity index (χ2v) is 17.1. The molecule has 0 rings (SSSR count). The lowest BCUT2D eigenvalue weighted by Crippen LogP contribution is -2.30. The van der Waals surface area contributed by atoms with Gasteiger partial charge in [0.15, 0.2) is 6.10 Å². The van der Waals surface area contributed by atoms with Crippen LogP contribution in [0.15, 0.2) is 72.9 Å². The fraction of sp³-hybridized carbons (Fsp3) is 0.732. The molecule has 0 spiro atoms. The van der Waals surface area contributed by atoms with E-state index in [1.54, 1.807) is 0 Å². The summed E-state index contributed by atoms with van der Waals surface area (Å²) in [7, 11) is 0. The first-order valence-electron chi connectivity index (χ1n) is 25.9. The Hall–Kier alpha value is -3.15. The lowest BCUT2D eigenvalue weighted by atomic mass is 10.1. The Balaban J connectivity index is 4.43. The number of hydrogen-bond acceptors (Lipinski definition) is 6. The molecule has 6 heteroatoms. The predicted molar refractivity (Wildman–Crippen MR) is 265 cm³/mol. The van der Waals surface area contributed by atoms with E-state index < -0.39 is 6.10 Å².